The molecule has 0 spiro atoms. The van der Waals surface area contributed by atoms with Crippen molar-refractivity contribution in [3.05, 3.63) is 77.5 Å². The number of hydrogen-bond donors (Lipinski definition) is 0. The molecule has 0 amide bonds. The maximum Gasteiger partial charge on any atom is 0.206 e. The van der Waals surface area contributed by atoms with Crippen LogP contribution in [0.15, 0.2) is 60.7 Å². The first-order valence-corrected chi connectivity index (χ1v) is 10.0. The topological polar surface area (TPSA) is 38.1 Å². The molecule has 1 fully saturated rings. The van der Waals surface area contributed by atoms with Gasteiger partial charge in [0.05, 0.1) is 5.52 Å². The normalized spacial score (nSPS) is 16.2. The van der Waals surface area contributed by atoms with Crippen LogP contribution >= 0.6 is 0 Å². The van der Waals surface area contributed by atoms with Crippen LogP contribution in [-0.4, -0.2) is 33.6 Å². The number of ketones is 1. The highest BCUT2D eigenvalue weighted by Gasteiger charge is 2.18. The Morgan fingerprint density at radius 1 is 1.11 bits per heavy atom. The minimum atomic E-state index is -0.00103. The molecule has 0 aliphatic carbocycles. The first-order valence-electron chi connectivity index (χ1n) is 10.0. The molecule has 0 bridgehead atoms. The summed E-state index contributed by atoms with van der Waals surface area (Å²) in [5, 5.41) is 5.35. The number of fused-ring (bicyclic) bond motifs is 1. The average molecular weight is 374 g/mol. The predicted octanol–water partition coefficient (Wildman–Crippen LogP) is 4.53. The molecule has 1 aliphatic rings. The number of likely N-dealkylation sites (tertiary alicyclic amines) is 1. The molecule has 3 aromatic rings. The number of nitrogens with zero attached hydrogens (tertiary/aromatic N) is 3. The van der Waals surface area contributed by atoms with Gasteiger partial charge in [-0.25, -0.2) is 0 Å². The van der Waals surface area contributed by atoms with Gasteiger partial charge in [-0.3, -0.25) is 14.4 Å². The second kappa shape index (κ2) is 8.11. The summed E-state index contributed by atoms with van der Waals surface area (Å²) in [5.41, 5.74) is 4.21. The lowest BCUT2D eigenvalue weighted by atomic mass is 9.95. The minimum Gasteiger partial charge on any atom is -0.299 e. The lowest BCUT2D eigenvalue weighted by Crippen LogP contribution is -2.32. The van der Waals surface area contributed by atoms with Crippen molar-refractivity contribution in [3.8, 4) is 0 Å². The van der Waals surface area contributed by atoms with Gasteiger partial charge in [-0.05, 0) is 56.5 Å². The quantitative estimate of drug-likeness (QED) is 0.487. The van der Waals surface area contributed by atoms with Crippen LogP contribution in [0.1, 0.15) is 34.5 Å². The van der Waals surface area contributed by atoms with E-state index in [0.717, 1.165) is 43.4 Å². The number of allylic oxidation sites excluding steroid dienone is 2. The number of benzene rings is 2. The van der Waals surface area contributed by atoms with Crippen molar-refractivity contribution in [2.45, 2.75) is 26.3 Å². The molecule has 1 aliphatic heterocycles. The Labute approximate surface area is 166 Å². The third-order valence-corrected chi connectivity index (χ3v) is 5.67. The van der Waals surface area contributed by atoms with Crippen molar-refractivity contribution < 1.29 is 4.79 Å². The maximum atomic E-state index is 12.7. The summed E-state index contributed by atoms with van der Waals surface area (Å²) in [5.74, 6) is 0.465. The average Bonchev–Trinajstić information content (AvgIpc) is 3.06. The number of hydrogen-bond acceptors (Lipinski definition) is 3. The van der Waals surface area contributed by atoms with Gasteiger partial charge in [-0.15, -0.1) is 0 Å². The summed E-state index contributed by atoms with van der Waals surface area (Å²) < 4.78 is 1.78. The smallest absolute Gasteiger partial charge is 0.206 e. The zero-order chi connectivity index (χ0) is 19.5. The van der Waals surface area contributed by atoms with Gasteiger partial charge in [0.25, 0.3) is 0 Å². The van der Waals surface area contributed by atoms with Crippen molar-refractivity contribution in [2.75, 3.05) is 13.1 Å². The van der Waals surface area contributed by atoms with E-state index in [0.29, 0.717) is 11.6 Å². The molecule has 0 radical (unpaired) electrons. The summed E-state index contributed by atoms with van der Waals surface area (Å²) in [6.07, 6.45) is 6.02. The van der Waals surface area contributed by atoms with Crippen LogP contribution in [-0.2, 0) is 13.6 Å². The molecule has 28 heavy (non-hydrogen) atoms. The molecule has 4 rings (SSSR count). The van der Waals surface area contributed by atoms with E-state index in [9.17, 15) is 4.79 Å². The molecule has 0 atom stereocenters. The van der Waals surface area contributed by atoms with E-state index < -0.39 is 0 Å². The summed E-state index contributed by atoms with van der Waals surface area (Å²) in [4.78, 5) is 15.2. The van der Waals surface area contributed by atoms with Crippen molar-refractivity contribution in [1.82, 2.24) is 14.7 Å². The standard InChI is InChI=1S/C24H27N3O/c1-18-7-9-20(10-8-18)17-27-15-13-19(14-16-27)11-12-23(28)24-21-5-3-4-6-22(21)26(2)25-24/h3-12,19H,13-17H2,1-2H3/b12-11+. The minimum absolute atomic E-state index is 0.00103. The van der Waals surface area contributed by atoms with Gasteiger partial charge in [0.1, 0.15) is 5.69 Å². The van der Waals surface area contributed by atoms with Crippen molar-refractivity contribution in [2.24, 2.45) is 13.0 Å². The molecule has 1 aromatic heterocycles. The van der Waals surface area contributed by atoms with Gasteiger partial charge < -0.3 is 0 Å². The van der Waals surface area contributed by atoms with Gasteiger partial charge in [0.2, 0.25) is 5.78 Å². The lowest BCUT2D eigenvalue weighted by molar-refractivity contribution is 0.104. The van der Waals surface area contributed by atoms with Crippen LogP contribution in [0, 0.1) is 12.8 Å². The van der Waals surface area contributed by atoms with Crippen molar-refractivity contribution >= 4 is 16.7 Å². The fraction of sp³-hybridized carbons (Fsp3) is 0.333. The van der Waals surface area contributed by atoms with Crippen LogP contribution in [0.25, 0.3) is 10.9 Å². The Balaban J connectivity index is 1.34. The highest BCUT2D eigenvalue weighted by molar-refractivity contribution is 6.11. The van der Waals surface area contributed by atoms with E-state index in [1.807, 2.05) is 31.3 Å². The zero-order valence-corrected chi connectivity index (χ0v) is 16.6. The fourth-order valence-electron chi connectivity index (χ4n) is 3.95. The third kappa shape index (κ3) is 4.07. The Morgan fingerprint density at radius 2 is 1.82 bits per heavy atom. The summed E-state index contributed by atoms with van der Waals surface area (Å²) in [6, 6.07) is 16.7. The van der Waals surface area contributed by atoms with Crippen molar-refractivity contribution in [3.63, 3.8) is 0 Å². The van der Waals surface area contributed by atoms with E-state index in [1.54, 1.807) is 10.8 Å². The zero-order valence-electron chi connectivity index (χ0n) is 16.6. The number of carbonyl (C=O) groups excluding carboxylic acids is 1. The first-order chi connectivity index (χ1) is 13.6. The number of piperidine rings is 1. The molecule has 0 N–H and O–H groups in total. The lowest BCUT2D eigenvalue weighted by Gasteiger charge is -2.30. The number of aryl methyl sites for hydroxylation is 2. The molecule has 144 valence electrons. The Morgan fingerprint density at radius 3 is 2.57 bits per heavy atom. The molecule has 2 aromatic carbocycles. The monoisotopic (exact) mass is 373 g/mol. The third-order valence-electron chi connectivity index (χ3n) is 5.67. The number of rotatable bonds is 5. The molecular formula is C24H27N3O. The maximum absolute atomic E-state index is 12.7. The van der Waals surface area contributed by atoms with E-state index in [2.05, 4.69) is 47.3 Å². The molecule has 4 nitrogen and oxygen atoms in total. The Kier molecular flexibility index (Phi) is 5.40. The number of aromatic nitrogens is 2. The molecule has 1 saturated heterocycles. The number of carbonyl (C=O) groups is 1. The van der Waals surface area contributed by atoms with Gasteiger partial charge in [0.15, 0.2) is 0 Å². The Hall–Kier alpha value is -2.72. The van der Waals surface area contributed by atoms with E-state index in [1.165, 1.54) is 11.1 Å². The fourth-order valence-corrected chi connectivity index (χ4v) is 3.95. The second-order valence-corrected chi connectivity index (χ2v) is 7.81. The Bertz CT molecular complexity index is 992. The molecule has 0 saturated carbocycles. The highest BCUT2D eigenvalue weighted by Crippen LogP contribution is 2.22. The summed E-state index contributed by atoms with van der Waals surface area (Å²) in [6.45, 7) is 5.28. The molecule has 4 heteroatoms. The van der Waals surface area contributed by atoms with Crippen LogP contribution in [0.2, 0.25) is 0 Å². The molecule has 0 unspecified atom stereocenters. The highest BCUT2D eigenvalue weighted by atomic mass is 16.1. The summed E-state index contributed by atoms with van der Waals surface area (Å²) in [7, 11) is 1.88. The van der Waals surface area contributed by atoms with Gasteiger partial charge in [-0.2, -0.15) is 5.10 Å². The number of para-hydroxylation sites is 1. The van der Waals surface area contributed by atoms with E-state index in [-0.39, 0.29) is 5.78 Å². The van der Waals surface area contributed by atoms with Crippen LogP contribution < -0.4 is 0 Å². The van der Waals surface area contributed by atoms with Crippen molar-refractivity contribution in [1.29, 1.82) is 0 Å². The van der Waals surface area contributed by atoms with Crippen LogP contribution in [0.4, 0.5) is 0 Å². The first kappa shape index (κ1) is 18.6. The molecule has 2 heterocycles. The van der Waals surface area contributed by atoms with Crippen LogP contribution in [0.3, 0.4) is 0 Å². The predicted molar refractivity (Wildman–Crippen MR) is 113 cm³/mol. The van der Waals surface area contributed by atoms with Crippen LogP contribution in [0.5, 0.6) is 0 Å². The molecular weight excluding hydrogens is 346 g/mol. The SMILES string of the molecule is Cc1ccc(CN2CCC(/C=C/C(=O)c3nn(C)c4ccccc34)CC2)cc1. The largest absolute Gasteiger partial charge is 0.299 e. The van der Waals surface area contributed by atoms with E-state index in [4.69, 9.17) is 0 Å². The second-order valence-electron chi connectivity index (χ2n) is 7.81. The van der Waals surface area contributed by atoms with Gasteiger partial charge in [-0.1, -0.05) is 54.1 Å². The van der Waals surface area contributed by atoms with Gasteiger partial charge >= 0.3 is 0 Å². The van der Waals surface area contributed by atoms with Gasteiger partial charge in [0, 0.05) is 19.0 Å². The van der Waals surface area contributed by atoms with E-state index >= 15 is 0 Å². The summed E-state index contributed by atoms with van der Waals surface area (Å²) >= 11 is 0.